The Bertz CT molecular complexity index is 329. The van der Waals surface area contributed by atoms with Gasteiger partial charge in [-0.2, -0.15) is 5.10 Å². The molecule has 0 N–H and O–H groups in total. The van der Waals surface area contributed by atoms with Crippen LogP contribution in [0, 0.1) is 0 Å². The van der Waals surface area contributed by atoms with Crippen LogP contribution in [0.2, 0.25) is 0 Å². The summed E-state index contributed by atoms with van der Waals surface area (Å²) < 4.78 is 11.6. The summed E-state index contributed by atoms with van der Waals surface area (Å²) >= 11 is 0. The van der Waals surface area contributed by atoms with E-state index >= 15 is 0 Å². The van der Waals surface area contributed by atoms with Crippen molar-refractivity contribution in [3.8, 4) is 0 Å². The van der Waals surface area contributed by atoms with Gasteiger partial charge in [-0.3, -0.25) is 4.68 Å². The molecule has 0 spiro atoms. The molecule has 5 nitrogen and oxygen atoms in total. The Kier molecular flexibility index (Phi) is 2.49. The third-order valence-corrected chi connectivity index (χ3v) is 2.32. The summed E-state index contributed by atoms with van der Waals surface area (Å²) in [5.74, 6) is -0.352. The summed E-state index contributed by atoms with van der Waals surface area (Å²) in [5, 5.41) is 4.10. The average Bonchev–Trinajstić information content (AvgIpc) is 2.85. The molecule has 0 radical (unpaired) electrons. The van der Waals surface area contributed by atoms with Crippen LogP contribution in [0.4, 0.5) is 0 Å². The number of nitrogens with zero attached hydrogens (tertiary/aromatic N) is 2. The van der Waals surface area contributed by atoms with Crippen molar-refractivity contribution in [3.63, 3.8) is 0 Å². The van der Waals surface area contributed by atoms with Crippen LogP contribution in [0.3, 0.4) is 0 Å². The van der Waals surface area contributed by atoms with Crippen molar-refractivity contribution in [3.05, 3.63) is 18.0 Å². The van der Waals surface area contributed by atoms with Crippen LogP contribution >= 0.6 is 0 Å². The third-order valence-electron chi connectivity index (χ3n) is 2.32. The SMILES string of the molecule is COC(=O)c1ccnn1C1CCOC1. The maximum atomic E-state index is 11.3. The number of methoxy groups -OCH3 is 1. The number of rotatable bonds is 2. The molecule has 0 aliphatic carbocycles. The second kappa shape index (κ2) is 3.79. The topological polar surface area (TPSA) is 53.3 Å². The van der Waals surface area contributed by atoms with Gasteiger partial charge < -0.3 is 9.47 Å². The summed E-state index contributed by atoms with van der Waals surface area (Å²) in [7, 11) is 1.37. The molecule has 2 rings (SSSR count). The van der Waals surface area contributed by atoms with E-state index in [0.717, 1.165) is 13.0 Å². The van der Waals surface area contributed by atoms with Crippen LogP contribution in [0.15, 0.2) is 12.3 Å². The predicted molar refractivity (Wildman–Crippen MR) is 48.0 cm³/mol. The molecule has 0 bridgehead atoms. The van der Waals surface area contributed by atoms with Crippen molar-refractivity contribution < 1.29 is 14.3 Å². The normalized spacial score (nSPS) is 21.1. The number of esters is 1. The molecule has 2 heterocycles. The van der Waals surface area contributed by atoms with Gasteiger partial charge in [-0.1, -0.05) is 0 Å². The van der Waals surface area contributed by atoms with Crippen LogP contribution in [-0.2, 0) is 9.47 Å². The van der Waals surface area contributed by atoms with Crippen LogP contribution in [0.1, 0.15) is 23.0 Å². The van der Waals surface area contributed by atoms with Gasteiger partial charge in [0.15, 0.2) is 0 Å². The van der Waals surface area contributed by atoms with E-state index < -0.39 is 0 Å². The highest BCUT2D eigenvalue weighted by Crippen LogP contribution is 2.19. The van der Waals surface area contributed by atoms with Gasteiger partial charge in [0.2, 0.25) is 0 Å². The average molecular weight is 196 g/mol. The lowest BCUT2D eigenvalue weighted by atomic mass is 10.2. The highest BCUT2D eigenvalue weighted by molar-refractivity contribution is 5.87. The molecule has 1 atom stereocenters. The number of carbonyl (C=O) groups excluding carboxylic acids is 1. The lowest BCUT2D eigenvalue weighted by molar-refractivity contribution is 0.0582. The highest BCUT2D eigenvalue weighted by Gasteiger charge is 2.23. The van der Waals surface area contributed by atoms with Crippen LogP contribution < -0.4 is 0 Å². The summed E-state index contributed by atoms with van der Waals surface area (Å²) in [6, 6.07) is 1.82. The lowest BCUT2D eigenvalue weighted by Crippen LogP contribution is -2.17. The largest absolute Gasteiger partial charge is 0.464 e. The molecule has 1 aromatic heterocycles. The molecule has 14 heavy (non-hydrogen) atoms. The quantitative estimate of drug-likeness (QED) is 0.651. The van der Waals surface area contributed by atoms with Crippen molar-refractivity contribution in [2.75, 3.05) is 20.3 Å². The minimum absolute atomic E-state index is 0.166. The first-order valence-corrected chi connectivity index (χ1v) is 4.52. The summed E-state index contributed by atoms with van der Waals surface area (Å²) in [5.41, 5.74) is 0.489. The smallest absolute Gasteiger partial charge is 0.356 e. The maximum absolute atomic E-state index is 11.3. The summed E-state index contributed by atoms with van der Waals surface area (Å²) in [6.45, 7) is 1.34. The molecule has 1 aromatic rings. The monoisotopic (exact) mass is 196 g/mol. The van der Waals surface area contributed by atoms with E-state index in [4.69, 9.17) is 4.74 Å². The Morgan fingerprint density at radius 3 is 3.29 bits per heavy atom. The van der Waals surface area contributed by atoms with E-state index in [2.05, 4.69) is 9.84 Å². The zero-order valence-corrected chi connectivity index (χ0v) is 7.97. The number of carbonyl (C=O) groups is 1. The fraction of sp³-hybridized carbons (Fsp3) is 0.556. The first-order chi connectivity index (χ1) is 6.83. The van der Waals surface area contributed by atoms with Crippen molar-refractivity contribution >= 4 is 5.97 Å². The fourth-order valence-electron chi connectivity index (χ4n) is 1.59. The van der Waals surface area contributed by atoms with E-state index in [1.165, 1.54) is 7.11 Å². The Balaban J connectivity index is 2.24. The van der Waals surface area contributed by atoms with Gasteiger partial charge >= 0.3 is 5.97 Å². The molecule has 76 valence electrons. The van der Waals surface area contributed by atoms with E-state index in [1.54, 1.807) is 16.9 Å². The van der Waals surface area contributed by atoms with Crippen molar-refractivity contribution in [2.45, 2.75) is 12.5 Å². The maximum Gasteiger partial charge on any atom is 0.356 e. The van der Waals surface area contributed by atoms with Crippen molar-refractivity contribution in [2.24, 2.45) is 0 Å². The molecule has 0 amide bonds. The van der Waals surface area contributed by atoms with Gasteiger partial charge in [0, 0.05) is 12.8 Å². The Hall–Kier alpha value is -1.36. The van der Waals surface area contributed by atoms with Crippen LogP contribution in [0.5, 0.6) is 0 Å². The van der Waals surface area contributed by atoms with E-state index in [-0.39, 0.29) is 12.0 Å². The Labute approximate surface area is 81.6 Å². The van der Waals surface area contributed by atoms with E-state index in [9.17, 15) is 4.79 Å². The van der Waals surface area contributed by atoms with E-state index in [1.807, 2.05) is 0 Å². The second-order valence-corrected chi connectivity index (χ2v) is 3.17. The van der Waals surface area contributed by atoms with Gasteiger partial charge in [-0.15, -0.1) is 0 Å². The molecular weight excluding hydrogens is 184 g/mol. The van der Waals surface area contributed by atoms with Gasteiger partial charge in [0.25, 0.3) is 0 Å². The third kappa shape index (κ3) is 1.50. The number of hydrogen-bond acceptors (Lipinski definition) is 4. The van der Waals surface area contributed by atoms with Crippen molar-refractivity contribution in [1.29, 1.82) is 0 Å². The van der Waals surface area contributed by atoms with E-state index in [0.29, 0.717) is 12.3 Å². The number of hydrogen-bond donors (Lipinski definition) is 0. The fourth-order valence-corrected chi connectivity index (χ4v) is 1.59. The molecule has 5 heteroatoms. The van der Waals surface area contributed by atoms with Gasteiger partial charge in [0.1, 0.15) is 5.69 Å². The Morgan fingerprint density at radius 2 is 2.64 bits per heavy atom. The standard InChI is InChI=1S/C9H12N2O3/c1-13-9(12)8-2-4-10-11(8)7-3-5-14-6-7/h2,4,7H,3,5-6H2,1H3. The van der Waals surface area contributed by atoms with Gasteiger partial charge in [-0.05, 0) is 12.5 Å². The molecule has 1 unspecified atom stereocenters. The lowest BCUT2D eigenvalue weighted by Gasteiger charge is -2.10. The molecule has 1 saturated heterocycles. The molecule has 1 fully saturated rings. The summed E-state index contributed by atoms with van der Waals surface area (Å²) in [4.78, 5) is 11.3. The van der Waals surface area contributed by atoms with Crippen molar-refractivity contribution in [1.82, 2.24) is 9.78 Å². The zero-order chi connectivity index (χ0) is 9.97. The number of ether oxygens (including phenoxy) is 2. The van der Waals surface area contributed by atoms with Gasteiger partial charge in [0.05, 0.1) is 19.8 Å². The second-order valence-electron chi connectivity index (χ2n) is 3.17. The molecule has 0 saturated carbocycles. The zero-order valence-electron chi connectivity index (χ0n) is 7.97. The molecule has 1 aliphatic heterocycles. The molecule has 1 aliphatic rings. The summed E-state index contributed by atoms with van der Waals surface area (Å²) in [6.07, 6.45) is 2.50. The minimum atomic E-state index is -0.352. The minimum Gasteiger partial charge on any atom is -0.464 e. The number of aromatic nitrogens is 2. The predicted octanol–water partition coefficient (Wildman–Crippen LogP) is 0.631. The van der Waals surface area contributed by atoms with Gasteiger partial charge in [-0.25, -0.2) is 4.79 Å². The van der Waals surface area contributed by atoms with Crippen LogP contribution in [0.25, 0.3) is 0 Å². The first-order valence-electron chi connectivity index (χ1n) is 4.52. The Morgan fingerprint density at radius 1 is 1.79 bits per heavy atom. The highest BCUT2D eigenvalue weighted by atomic mass is 16.5. The van der Waals surface area contributed by atoms with Crippen LogP contribution in [-0.4, -0.2) is 36.1 Å². The molecular formula is C9H12N2O3. The first kappa shape index (κ1) is 9.21. The molecule has 0 aromatic carbocycles.